The Hall–Kier alpha value is -0.890. The normalized spacial score (nSPS) is 12.0. The van der Waals surface area contributed by atoms with E-state index in [-0.39, 0.29) is 4.70 Å². The van der Waals surface area contributed by atoms with Gasteiger partial charge in [-0.1, -0.05) is 231 Å². The molecule has 0 spiro atoms. The molecule has 0 aromatic carbocycles. The van der Waals surface area contributed by atoms with Crippen LogP contribution in [0.2, 0.25) is 0 Å². The topological polar surface area (TPSA) is 3.24 Å². The van der Waals surface area contributed by atoms with Crippen LogP contribution >= 0.6 is 0 Å². The number of hydrogen-bond donors (Lipinski definition) is 0. The second-order valence-corrected chi connectivity index (χ2v) is 17.7. The summed E-state index contributed by atoms with van der Waals surface area (Å²) >= 11 is 0. The van der Waals surface area contributed by atoms with Crippen LogP contribution in [0.3, 0.4) is 0 Å². The van der Waals surface area contributed by atoms with Crippen LogP contribution in [0.1, 0.15) is 290 Å². The van der Waals surface area contributed by atoms with Gasteiger partial charge in [0.05, 0.1) is 0 Å². The molecule has 0 fully saturated rings. The van der Waals surface area contributed by atoms with E-state index in [2.05, 4.69) is 62.1 Å². The number of unbranched alkanes of at least 4 members (excludes halogenated alkanes) is 36. The van der Waals surface area contributed by atoms with E-state index in [1.807, 2.05) is 0 Å². The molecule has 0 aliphatic heterocycles. The lowest BCUT2D eigenvalue weighted by Crippen LogP contribution is -2.27. The zero-order valence-corrected chi connectivity index (χ0v) is 39.1. The Morgan fingerprint density at radius 2 is 0.375 bits per heavy atom. The highest BCUT2D eigenvalue weighted by Crippen LogP contribution is 2.15. The Balaban J connectivity index is 0. The average Bonchev–Trinajstić information content (AvgIpc) is 3.20. The van der Waals surface area contributed by atoms with Crippen LogP contribution in [-0.2, 0) is 0 Å². The van der Waals surface area contributed by atoms with Crippen molar-refractivity contribution in [2.24, 2.45) is 0 Å². The summed E-state index contributed by atoms with van der Waals surface area (Å²) in [6.45, 7) is 11.0. The van der Waals surface area contributed by atoms with Gasteiger partial charge in [-0.25, -0.2) is 0 Å². The molecule has 0 bridgehead atoms. The summed E-state index contributed by atoms with van der Waals surface area (Å²) in [6.07, 6.45) is 73.7. The highest BCUT2D eigenvalue weighted by atomic mass is 19.0. The van der Waals surface area contributed by atoms with Crippen molar-refractivity contribution in [3.63, 3.8) is 0 Å². The predicted octanol–water partition coefficient (Wildman–Crippen LogP) is 19.6. The highest BCUT2D eigenvalue weighted by molar-refractivity contribution is 4.82. The SMILES string of the molecule is CCCCCCCC/C=C\CCCCCCCCN(CCCCCCCC/C=C\CCCCCCCC)CCCCCCCC/C=C\CCCCCCCC.F. The summed E-state index contributed by atoms with van der Waals surface area (Å²) in [7, 11) is 0. The quantitative estimate of drug-likeness (QED) is 0.0438. The van der Waals surface area contributed by atoms with E-state index in [0.29, 0.717) is 0 Å². The first-order valence-corrected chi connectivity index (χ1v) is 26.0. The molecule has 0 unspecified atom stereocenters. The van der Waals surface area contributed by atoms with Crippen LogP contribution in [0, 0.1) is 0 Å². The summed E-state index contributed by atoms with van der Waals surface area (Å²) in [4.78, 5) is 2.86. The second-order valence-electron chi connectivity index (χ2n) is 17.7. The Morgan fingerprint density at radius 3 is 0.571 bits per heavy atom. The molecule has 0 heterocycles. The summed E-state index contributed by atoms with van der Waals surface area (Å²) in [6, 6.07) is 0. The molecule has 0 radical (unpaired) electrons. The largest absolute Gasteiger partial charge is 0.303 e. The van der Waals surface area contributed by atoms with E-state index in [0.717, 1.165) is 0 Å². The van der Waals surface area contributed by atoms with E-state index in [1.165, 1.54) is 289 Å². The van der Waals surface area contributed by atoms with Gasteiger partial charge in [-0.3, -0.25) is 4.70 Å². The minimum atomic E-state index is 0. The van der Waals surface area contributed by atoms with Gasteiger partial charge in [-0.05, 0) is 116 Å². The first-order valence-electron chi connectivity index (χ1n) is 26.0. The molecule has 2 heteroatoms. The number of allylic oxidation sites excluding steroid dienone is 6. The van der Waals surface area contributed by atoms with Gasteiger partial charge in [-0.2, -0.15) is 0 Å². The minimum absolute atomic E-state index is 0. The van der Waals surface area contributed by atoms with Gasteiger partial charge in [0, 0.05) is 0 Å². The Kier molecular flexibility index (Phi) is 55.3. The molecule has 0 amide bonds. The molecule has 0 rings (SSSR count). The molecule has 56 heavy (non-hydrogen) atoms. The molecule has 0 atom stereocenters. The second kappa shape index (κ2) is 54.1. The summed E-state index contributed by atoms with van der Waals surface area (Å²) < 4.78 is 0. The maximum atomic E-state index is 2.86. The number of rotatable bonds is 48. The first kappa shape index (κ1) is 57.2. The lowest BCUT2D eigenvalue weighted by atomic mass is 10.1. The standard InChI is InChI=1S/C54H105N.FH/c1-4-7-10-13-16-19-22-25-28-31-34-37-40-43-46-49-52-55(53-50-47-44-41-38-35-32-29-26-23-20-17-14-11-8-5-2)54-51-48-45-42-39-36-33-30-27-24-21-18-15-12-9-6-3;/h25-30H,4-24,31-54H2,1-3H3;1H/b28-25-,29-26-,30-27-;. The smallest absolute Gasteiger partial charge is 0.00187 e. The number of nitrogens with zero attached hydrogens (tertiary/aromatic N) is 1. The van der Waals surface area contributed by atoms with Crippen molar-refractivity contribution in [2.75, 3.05) is 19.6 Å². The molecule has 1 nitrogen and oxygen atoms in total. The van der Waals surface area contributed by atoms with Gasteiger partial charge in [0.15, 0.2) is 0 Å². The van der Waals surface area contributed by atoms with E-state index in [4.69, 9.17) is 0 Å². The summed E-state index contributed by atoms with van der Waals surface area (Å²) in [5.41, 5.74) is 0. The molecule has 0 aliphatic carbocycles. The number of hydrogen-bond acceptors (Lipinski definition) is 1. The zero-order chi connectivity index (χ0) is 39.6. The molecule has 0 saturated carbocycles. The average molecular weight is 788 g/mol. The van der Waals surface area contributed by atoms with Crippen molar-refractivity contribution in [1.82, 2.24) is 4.90 Å². The van der Waals surface area contributed by atoms with Gasteiger partial charge in [0.2, 0.25) is 0 Å². The van der Waals surface area contributed by atoms with Crippen molar-refractivity contribution in [3.8, 4) is 0 Å². The Morgan fingerprint density at radius 1 is 0.214 bits per heavy atom. The highest BCUT2D eigenvalue weighted by Gasteiger charge is 2.05. The van der Waals surface area contributed by atoms with E-state index < -0.39 is 0 Å². The van der Waals surface area contributed by atoms with Crippen molar-refractivity contribution < 1.29 is 4.70 Å². The van der Waals surface area contributed by atoms with E-state index >= 15 is 0 Å². The molecule has 0 saturated heterocycles. The monoisotopic (exact) mass is 788 g/mol. The Labute approximate surface area is 355 Å². The third-order valence-electron chi connectivity index (χ3n) is 12.0. The molecule has 0 N–H and O–H groups in total. The van der Waals surface area contributed by atoms with E-state index in [9.17, 15) is 0 Å². The molecular formula is C54H106FN. The molecular weight excluding hydrogens is 682 g/mol. The van der Waals surface area contributed by atoms with Gasteiger partial charge < -0.3 is 4.90 Å². The van der Waals surface area contributed by atoms with E-state index in [1.54, 1.807) is 0 Å². The van der Waals surface area contributed by atoms with Crippen LogP contribution in [0.25, 0.3) is 0 Å². The summed E-state index contributed by atoms with van der Waals surface area (Å²) in [5.74, 6) is 0. The van der Waals surface area contributed by atoms with Gasteiger partial charge >= 0.3 is 0 Å². The van der Waals surface area contributed by atoms with Gasteiger partial charge in [0.1, 0.15) is 0 Å². The van der Waals surface area contributed by atoms with Crippen LogP contribution in [0.4, 0.5) is 4.70 Å². The maximum absolute atomic E-state index is 2.86. The van der Waals surface area contributed by atoms with Crippen LogP contribution < -0.4 is 0 Å². The lowest BCUT2D eigenvalue weighted by Gasteiger charge is -2.22. The lowest BCUT2D eigenvalue weighted by molar-refractivity contribution is 0.254. The summed E-state index contributed by atoms with van der Waals surface area (Å²) in [5, 5.41) is 0. The van der Waals surface area contributed by atoms with Crippen molar-refractivity contribution in [2.45, 2.75) is 290 Å². The maximum Gasteiger partial charge on any atom is -0.00187 e. The fourth-order valence-corrected chi connectivity index (χ4v) is 8.08. The third-order valence-corrected chi connectivity index (χ3v) is 12.0. The fraction of sp³-hybridized carbons (Fsp3) is 0.889. The predicted molar refractivity (Wildman–Crippen MR) is 257 cm³/mol. The third kappa shape index (κ3) is 51.1. The van der Waals surface area contributed by atoms with Crippen molar-refractivity contribution in [3.05, 3.63) is 36.5 Å². The number of halogens is 1. The molecule has 334 valence electrons. The molecule has 0 aromatic heterocycles. The van der Waals surface area contributed by atoms with Crippen LogP contribution in [-0.4, -0.2) is 24.5 Å². The van der Waals surface area contributed by atoms with Crippen LogP contribution in [0.5, 0.6) is 0 Å². The zero-order valence-electron chi connectivity index (χ0n) is 39.1. The van der Waals surface area contributed by atoms with Crippen LogP contribution in [0.15, 0.2) is 36.5 Å². The molecule has 0 aromatic rings. The fourth-order valence-electron chi connectivity index (χ4n) is 8.08. The first-order chi connectivity index (χ1) is 27.3. The van der Waals surface area contributed by atoms with Crippen molar-refractivity contribution >= 4 is 0 Å². The van der Waals surface area contributed by atoms with Crippen molar-refractivity contribution in [1.29, 1.82) is 0 Å². The minimum Gasteiger partial charge on any atom is -0.303 e. The van der Waals surface area contributed by atoms with Gasteiger partial charge in [0.25, 0.3) is 0 Å². The molecule has 0 aliphatic rings. The van der Waals surface area contributed by atoms with Gasteiger partial charge in [-0.15, -0.1) is 0 Å². The Bertz CT molecular complexity index is 656.